The zero-order chi connectivity index (χ0) is 15.7. The molecule has 0 aliphatic carbocycles. The summed E-state index contributed by atoms with van der Waals surface area (Å²) in [6.45, 7) is 3.64. The third-order valence-electron chi connectivity index (χ3n) is 2.39. The Morgan fingerprint density at radius 2 is 1.90 bits per heavy atom. The van der Waals surface area contributed by atoms with Crippen LogP contribution in [-0.2, 0) is 19.1 Å². The van der Waals surface area contributed by atoms with E-state index in [1.54, 1.807) is 32.2 Å². The summed E-state index contributed by atoms with van der Waals surface area (Å²) in [7, 11) is 1.45. The molecule has 0 fully saturated rings. The molecule has 1 aromatic heterocycles. The number of ether oxygens (including phenoxy) is 3. The van der Waals surface area contributed by atoms with Crippen molar-refractivity contribution in [2.24, 2.45) is 10.9 Å². The summed E-state index contributed by atoms with van der Waals surface area (Å²) in [6, 6.07) is 3.31. The van der Waals surface area contributed by atoms with Gasteiger partial charge >= 0.3 is 11.9 Å². The smallest absolute Gasteiger partial charge is 0.325 e. The molecule has 1 rings (SSSR count). The molecule has 0 bridgehead atoms. The van der Waals surface area contributed by atoms with Crippen LogP contribution in [0.15, 0.2) is 23.3 Å². The fraction of sp³-hybridized carbons (Fsp3) is 0.429. The molecule has 7 heteroatoms. The normalized spacial score (nSPS) is 10.7. The Morgan fingerprint density at radius 3 is 2.43 bits per heavy atom. The fourth-order valence-corrected chi connectivity index (χ4v) is 1.47. The third-order valence-corrected chi connectivity index (χ3v) is 2.39. The molecule has 0 N–H and O–H groups in total. The van der Waals surface area contributed by atoms with Crippen LogP contribution in [-0.4, -0.2) is 43.5 Å². The summed E-state index contributed by atoms with van der Waals surface area (Å²) in [6.07, 6.45) is 2.72. The number of carbonyl (C=O) groups excluding carboxylic acids is 2. The molecule has 0 saturated heterocycles. The van der Waals surface area contributed by atoms with Gasteiger partial charge in [-0.1, -0.05) is 0 Å². The van der Waals surface area contributed by atoms with E-state index in [0.29, 0.717) is 11.6 Å². The van der Waals surface area contributed by atoms with Crippen molar-refractivity contribution < 1.29 is 23.8 Å². The van der Waals surface area contributed by atoms with E-state index in [9.17, 15) is 9.59 Å². The molecule has 0 aliphatic heterocycles. The molecular formula is C14H18N2O5. The van der Waals surface area contributed by atoms with Crippen LogP contribution in [0.1, 0.15) is 13.8 Å². The first kappa shape index (κ1) is 16.6. The molecule has 0 amide bonds. The average molecular weight is 294 g/mol. The predicted octanol–water partition coefficient (Wildman–Crippen LogP) is 1.53. The number of aliphatic imine (C=N–C) groups is 1. The lowest BCUT2D eigenvalue weighted by Crippen LogP contribution is -2.29. The maximum Gasteiger partial charge on any atom is 0.325 e. The molecule has 0 radical (unpaired) electrons. The minimum Gasteiger partial charge on any atom is -0.479 e. The largest absolute Gasteiger partial charge is 0.479 e. The highest BCUT2D eigenvalue weighted by Gasteiger charge is 2.27. The van der Waals surface area contributed by atoms with Crippen molar-refractivity contribution in [2.75, 3.05) is 20.3 Å². The lowest BCUT2D eigenvalue weighted by atomic mass is 10.2. The summed E-state index contributed by atoms with van der Waals surface area (Å²) >= 11 is 0. The molecular weight excluding hydrogens is 276 g/mol. The van der Waals surface area contributed by atoms with Crippen molar-refractivity contribution in [1.82, 2.24) is 4.98 Å². The minimum absolute atomic E-state index is 0.165. The van der Waals surface area contributed by atoms with Crippen molar-refractivity contribution in [3.05, 3.63) is 18.3 Å². The number of esters is 2. The lowest BCUT2D eigenvalue weighted by molar-refractivity contribution is -0.157. The van der Waals surface area contributed by atoms with E-state index in [0.717, 1.165) is 0 Å². The summed E-state index contributed by atoms with van der Waals surface area (Å²) in [5.74, 6) is -2.33. The van der Waals surface area contributed by atoms with Crippen LogP contribution in [0.25, 0.3) is 0 Å². The number of hydrogen-bond donors (Lipinski definition) is 0. The molecule has 0 saturated carbocycles. The fourth-order valence-electron chi connectivity index (χ4n) is 1.47. The Bertz CT molecular complexity index is 498. The van der Waals surface area contributed by atoms with Gasteiger partial charge in [0.05, 0.1) is 20.3 Å². The molecule has 21 heavy (non-hydrogen) atoms. The predicted molar refractivity (Wildman–Crippen MR) is 75.7 cm³/mol. The number of carbonyl (C=O) groups is 2. The van der Waals surface area contributed by atoms with Crippen LogP contribution in [0.4, 0.5) is 5.69 Å². The van der Waals surface area contributed by atoms with Gasteiger partial charge in [-0.3, -0.25) is 14.6 Å². The van der Waals surface area contributed by atoms with Crippen LogP contribution in [0.5, 0.6) is 5.88 Å². The van der Waals surface area contributed by atoms with Gasteiger partial charge in [0, 0.05) is 12.4 Å². The first-order valence-corrected chi connectivity index (χ1v) is 6.50. The number of pyridine rings is 1. The van der Waals surface area contributed by atoms with Gasteiger partial charge in [-0.15, -0.1) is 0 Å². The van der Waals surface area contributed by atoms with Crippen molar-refractivity contribution in [3.8, 4) is 5.88 Å². The van der Waals surface area contributed by atoms with Crippen molar-refractivity contribution in [1.29, 1.82) is 0 Å². The van der Waals surface area contributed by atoms with Gasteiger partial charge in [-0.25, -0.2) is 4.98 Å². The van der Waals surface area contributed by atoms with Gasteiger partial charge in [0.15, 0.2) is 5.92 Å². The third kappa shape index (κ3) is 4.87. The number of aromatic nitrogens is 1. The maximum atomic E-state index is 11.8. The second-order valence-corrected chi connectivity index (χ2v) is 3.79. The minimum atomic E-state index is -1.21. The van der Waals surface area contributed by atoms with E-state index in [-0.39, 0.29) is 13.2 Å². The molecule has 0 unspecified atom stereocenters. The van der Waals surface area contributed by atoms with Crippen LogP contribution in [0.2, 0.25) is 0 Å². The van der Waals surface area contributed by atoms with Crippen molar-refractivity contribution in [3.63, 3.8) is 0 Å². The summed E-state index contributed by atoms with van der Waals surface area (Å²) in [5.41, 5.74) is 0.401. The standard InChI is InChI=1S/C14H18N2O5/c1-4-20-13(17)10(14(18)21-5-2)9-16-11-7-6-8-15-12(11)19-3/h6-10H,4-5H2,1-3H3. The highest BCUT2D eigenvalue weighted by Crippen LogP contribution is 2.23. The number of nitrogens with zero attached hydrogens (tertiary/aromatic N) is 2. The van der Waals surface area contributed by atoms with Gasteiger partial charge in [0.25, 0.3) is 0 Å². The van der Waals surface area contributed by atoms with E-state index >= 15 is 0 Å². The first-order chi connectivity index (χ1) is 10.1. The van der Waals surface area contributed by atoms with Crippen LogP contribution < -0.4 is 4.74 Å². The van der Waals surface area contributed by atoms with Gasteiger partial charge in [0.2, 0.25) is 5.88 Å². The van der Waals surface area contributed by atoms with Gasteiger partial charge < -0.3 is 14.2 Å². The quantitative estimate of drug-likeness (QED) is 0.430. The second-order valence-electron chi connectivity index (χ2n) is 3.79. The zero-order valence-corrected chi connectivity index (χ0v) is 12.2. The SMILES string of the molecule is CCOC(=O)C(C=Nc1cccnc1OC)C(=O)OCC. The van der Waals surface area contributed by atoms with Crippen molar-refractivity contribution in [2.45, 2.75) is 13.8 Å². The Morgan fingerprint density at radius 1 is 1.29 bits per heavy atom. The van der Waals surface area contributed by atoms with E-state index in [1.807, 2.05) is 0 Å². The molecule has 0 aliphatic rings. The molecule has 0 aromatic carbocycles. The van der Waals surface area contributed by atoms with Gasteiger partial charge in [-0.2, -0.15) is 0 Å². The molecule has 0 spiro atoms. The summed E-state index contributed by atoms with van der Waals surface area (Å²) in [5, 5.41) is 0. The number of rotatable bonds is 7. The highest BCUT2D eigenvalue weighted by molar-refractivity contribution is 6.09. The Balaban J connectivity index is 2.96. The molecule has 0 atom stereocenters. The van der Waals surface area contributed by atoms with Crippen molar-refractivity contribution >= 4 is 23.8 Å². The molecule has 1 heterocycles. The van der Waals surface area contributed by atoms with Crippen LogP contribution in [0, 0.1) is 5.92 Å². The Labute approximate surface area is 122 Å². The zero-order valence-electron chi connectivity index (χ0n) is 12.2. The lowest BCUT2D eigenvalue weighted by Gasteiger charge is -2.10. The Kier molecular flexibility index (Phi) is 6.86. The Hall–Kier alpha value is -2.44. The van der Waals surface area contributed by atoms with Gasteiger partial charge in [0.1, 0.15) is 5.69 Å². The number of hydrogen-bond acceptors (Lipinski definition) is 7. The van der Waals surface area contributed by atoms with E-state index < -0.39 is 17.9 Å². The van der Waals surface area contributed by atoms with E-state index in [2.05, 4.69) is 9.98 Å². The van der Waals surface area contributed by atoms with E-state index in [4.69, 9.17) is 14.2 Å². The molecule has 114 valence electrons. The topological polar surface area (TPSA) is 87.1 Å². The first-order valence-electron chi connectivity index (χ1n) is 6.50. The molecule has 7 nitrogen and oxygen atoms in total. The van der Waals surface area contributed by atoms with Crippen LogP contribution in [0.3, 0.4) is 0 Å². The van der Waals surface area contributed by atoms with E-state index in [1.165, 1.54) is 13.3 Å². The monoisotopic (exact) mass is 294 g/mol. The maximum absolute atomic E-state index is 11.8. The average Bonchev–Trinajstić information content (AvgIpc) is 2.48. The number of methoxy groups -OCH3 is 1. The molecule has 1 aromatic rings. The van der Waals surface area contributed by atoms with Crippen LogP contribution >= 0.6 is 0 Å². The highest BCUT2D eigenvalue weighted by atomic mass is 16.6. The summed E-state index contributed by atoms with van der Waals surface area (Å²) in [4.78, 5) is 31.6. The van der Waals surface area contributed by atoms with Gasteiger partial charge in [-0.05, 0) is 26.0 Å². The second kappa shape index (κ2) is 8.68. The summed E-state index contributed by atoms with van der Waals surface area (Å²) < 4.78 is 14.7.